The van der Waals surface area contributed by atoms with Gasteiger partial charge in [-0.3, -0.25) is 0 Å². The maximum Gasteiger partial charge on any atom is 0.138 e. The Balaban J connectivity index is 2.07. The second-order valence-electron chi connectivity index (χ2n) is 3.88. The molecule has 0 spiro atoms. The Morgan fingerprint density at radius 3 is 2.75 bits per heavy atom. The normalized spacial score (nSPS) is 10.9. The summed E-state index contributed by atoms with van der Waals surface area (Å²) in [7, 11) is 0. The topological polar surface area (TPSA) is 47.3 Å². The number of nitrogens with one attached hydrogen (secondary N) is 1. The van der Waals surface area contributed by atoms with Crippen molar-refractivity contribution in [1.29, 1.82) is 0 Å². The Morgan fingerprint density at radius 1 is 1.31 bits per heavy atom. The van der Waals surface area contributed by atoms with Crippen LogP contribution in [-0.2, 0) is 11.3 Å². The summed E-state index contributed by atoms with van der Waals surface area (Å²) in [5, 5.41) is 7.31. The lowest BCUT2D eigenvalue weighted by Gasteiger charge is -2.04. The first kappa shape index (κ1) is 13.2. The lowest BCUT2D eigenvalue weighted by atomic mass is 10.2. The van der Waals surface area contributed by atoms with Gasteiger partial charge in [-0.2, -0.15) is 0 Å². The zero-order valence-corrected chi connectivity index (χ0v) is 10.5. The van der Waals surface area contributed by atoms with Gasteiger partial charge in [0.1, 0.15) is 5.76 Å². The predicted octanol–water partition coefficient (Wildman–Crippen LogP) is 2.20. The van der Waals surface area contributed by atoms with Crippen LogP contribution in [0.4, 0.5) is 0 Å². The van der Waals surface area contributed by atoms with Crippen LogP contribution in [0.1, 0.15) is 36.8 Å². The van der Waals surface area contributed by atoms with E-state index < -0.39 is 0 Å². The summed E-state index contributed by atoms with van der Waals surface area (Å²) in [4.78, 5) is 0. The molecule has 1 N–H and O–H groups in total. The number of hydrogen-bond donors (Lipinski definition) is 1. The quantitative estimate of drug-likeness (QED) is 0.690. The molecule has 0 unspecified atom stereocenters. The third-order valence-corrected chi connectivity index (χ3v) is 2.58. The molecule has 92 valence electrons. The van der Waals surface area contributed by atoms with E-state index in [9.17, 15) is 0 Å². The number of unbranched alkanes of at least 4 members (excludes halogenated alkanes) is 1. The van der Waals surface area contributed by atoms with Gasteiger partial charge in [0.05, 0.1) is 5.69 Å². The molecule has 0 amide bonds. The Hall–Kier alpha value is -0.870. The van der Waals surface area contributed by atoms with Crippen LogP contribution in [-0.4, -0.2) is 24.9 Å². The Bertz CT molecular complexity index is 278. The number of aromatic nitrogens is 1. The van der Waals surface area contributed by atoms with Crippen molar-refractivity contribution in [1.82, 2.24) is 10.5 Å². The highest BCUT2D eigenvalue weighted by Crippen LogP contribution is 2.11. The lowest BCUT2D eigenvalue weighted by molar-refractivity contribution is 0.143. The molecule has 0 aliphatic carbocycles. The molecule has 0 bridgehead atoms. The minimum Gasteiger partial charge on any atom is -0.382 e. The Morgan fingerprint density at radius 2 is 2.12 bits per heavy atom. The summed E-state index contributed by atoms with van der Waals surface area (Å²) in [6, 6.07) is 0. The fourth-order valence-corrected chi connectivity index (χ4v) is 1.57. The lowest BCUT2D eigenvalue weighted by Crippen LogP contribution is -2.16. The zero-order valence-electron chi connectivity index (χ0n) is 10.5. The van der Waals surface area contributed by atoms with Crippen LogP contribution in [0, 0.1) is 13.8 Å². The summed E-state index contributed by atoms with van der Waals surface area (Å²) < 4.78 is 10.4. The summed E-state index contributed by atoms with van der Waals surface area (Å²) in [6.07, 6.45) is 2.26. The van der Waals surface area contributed by atoms with E-state index in [0.717, 1.165) is 50.6 Å². The molecule has 1 heterocycles. The number of aryl methyl sites for hydroxylation is 2. The van der Waals surface area contributed by atoms with E-state index in [0.29, 0.717) is 0 Å². The molecule has 1 aromatic rings. The first-order chi connectivity index (χ1) is 7.75. The number of ether oxygens (including phenoxy) is 1. The molecule has 0 fully saturated rings. The van der Waals surface area contributed by atoms with E-state index in [-0.39, 0.29) is 0 Å². The standard InChI is InChI=1S/C12H22N2O2/c1-4-15-8-6-5-7-13-9-12-10(2)14-16-11(12)3/h13H,4-9H2,1-3H3. The zero-order chi connectivity index (χ0) is 11.8. The summed E-state index contributed by atoms with van der Waals surface area (Å²) in [5.74, 6) is 0.916. The molecule has 0 aromatic carbocycles. The Kier molecular flexibility index (Phi) is 6.11. The molecule has 0 saturated carbocycles. The molecule has 0 saturated heterocycles. The van der Waals surface area contributed by atoms with Crippen molar-refractivity contribution in [3.63, 3.8) is 0 Å². The van der Waals surface area contributed by atoms with Crippen molar-refractivity contribution < 1.29 is 9.26 Å². The van der Waals surface area contributed by atoms with E-state index in [1.807, 2.05) is 20.8 Å². The van der Waals surface area contributed by atoms with E-state index in [2.05, 4.69) is 10.5 Å². The van der Waals surface area contributed by atoms with Crippen molar-refractivity contribution in [3.05, 3.63) is 17.0 Å². The van der Waals surface area contributed by atoms with Crippen LogP contribution in [0.25, 0.3) is 0 Å². The van der Waals surface area contributed by atoms with Gasteiger partial charge in [0, 0.05) is 25.3 Å². The average molecular weight is 226 g/mol. The molecular weight excluding hydrogens is 204 g/mol. The van der Waals surface area contributed by atoms with Crippen molar-refractivity contribution in [2.24, 2.45) is 0 Å². The summed E-state index contributed by atoms with van der Waals surface area (Å²) in [6.45, 7) is 9.48. The van der Waals surface area contributed by atoms with E-state index in [4.69, 9.17) is 9.26 Å². The highest BCUT2D eigenvalue weighted by molar-refractivity contribution is 5.20. The van der Waals surface area contributed by atoms with Gasteiger partial charge in [-0.15, -0.1) is 0 Å². The molecule has 1 aromatic heterocycles. The maximum atomic E-state index is 5.27. The van der Waals surface area contributed by atoms with Crippen LogP contribution < -0.4 is 5.32 Å². The van der Waals surface area contributed by atoms with Crippen LogP contribution >= 0.6 is 0 Å². The van der Waals surface area contributed by atoms with Gasteiger partial charge in [-0.1, -0.05) is 5.16 Å². The minimum absolute atomic E-state index is 0.812. The molecule has 0 atom stereocenters. The third-order valence-electron chi connectivity index (χ3n) is 2.58. The van der Waals surface area contributed by atoms with E-state index in [1.165, 1.54) is 5.56 Å². The Labute approximate surface area is 97.3 Å². The molecular formula is C12H22N2O2. The van der Waals surface area contributed by atoms with Gasteiger partial charge in [0.25, 0.3) is 0 Å². The van der Waals surface area contributed by atoms with Gasteiger partial charge in [-0.25, -0.2) is 0 Å². The van der Waals surface area contributed by atoms with Gasteiger partial charge >= 0.3 is 0 Å². The SMILES string of the molecule is CCOCCCCNCc1c(C)noc1C. The van der Waals surface area contributed by atoms with Crippen molar-refractivity contribution in [2.75, 3.05) is 19.8 Å². The van der Waals surface area contributed by atoms with Crippen molar-refractivity contribution in [3.8, 4) is 0 Å². The third kappa shape index (κ3) is 4.33. The maximum absolute atomic E-state index is 5.27. The molecule has 4 nitrogen and oxygen atoms in total. The predicted molar refractivity (Wildman–Crippen MR) is 63.4 cm³/mol. The summed E-state index contributed by atoms with van der Waals surface area (Å²) in [5.41, 5.74) is 2.17. The molecule has 0 aliphatic heterocycles. The largest absolute Gasteiger partial charge is 0.382 e. The first-order valence-electron chi connectivity index (χ1n) is 5.96. The highest BCUT2D eigenvalue weighted by Gasteiger charge is 2.07. The van der Waals surface area contributed by atoms with Crippen LogP contribution in [0.15, 0.2) is 4.52 Å². The fourth-order valence-electron chi connectivity index (χ4n) is 1.57. The molecule has 16 heavy (non-hydrogen) atoms. The fraction of sp³-hybridized carbons (Fsp3) is 0.750. The van der Waals surface area contributed by atoms with Crippen LogP contribution in [0.5, 0.6) is 0 Å². The van der Waals surface area contributed by atoms with Crippen molar-refractivity contribution >= 4 is 0 Å². The molecule has 0 aliphatic rings. The van der Waals surface area contributed by atoms with Gasteiger partial charge in [0.2, 0.25) is 0 Å². The molecule has 1 rings (SSSR count). The highest BCUT2D eigenvalue weighted by atomic mass is 16.5. The molecule has 0 radical (unpaired) electrons. The first-order valence-corrected chi connectivity index (χ1v) is 5.96. The van der Waals surface area contributed by atoms with Gasteiger partial charge < -0.3 is 14.6 Å². The summed E-state index contributed by atoms with van der Waals surface area (Å²) >= 11 is 0. The number of hydrogen-bond acceptors (Lipinski definition) is 4. The van der Waals surface area contributed by atoms with E-state index in [1.54, 1.807) is 0 Å². The van der Waals surface area contributed by atoms with Crippen molar-refractivity contribution in [2.45, 2.75) is 40.2 Å². The molecule has 4 heteroatoms. The smallest absolute Gasteiger partial charge is 0.138 e. The van der Waals surface area contributed by atoms with Crippen LogP contribution in [0.2, 0.25) is 0 Å². The number of nitrogens with zero attached hydrogens (tertiary/aromatic N) is 1. The van der Waals surface area contributed by atoms with E-state index >= 15 is 0 Å². The average Bonchev–Trinajstić information content (AvgIpc) is 2.59. The van der Waals surface area contributed by atoms with Gasteiger partial charge in [-0.05, 0) is 40.2 Å². The second kappa shape index (κ2) is 7.41. The van der Waals surface area contributed by atoms with Gasteiger partial charge in [0.15, 0.2) is 0 Å². The number of rotatable bonds is 8. The second-order valence-corrected chi connectivity index (χ2v) is 3.88. The van der Waals surface area contributed by atoms with Crippen LogP contribution in [0.3, 0.4) is 0 Å². The minimum atomic E-state index is 0.812. The monoisotopic (exact) mass is 226 g/mol.